The number of carbonyl (C=O) groups excluding carboxylic acids is 1. The highest BCUT2D eigenvalue weighted by molar-refractivity contribution is 5.77. The molecule has 0 aliphatic heterocycles. The van der Waals surface area contributed by atoms with Crippen molar-refractivity contribution in [3.63, 3.8) is 0 Å². The van der Waals surface area contributed by atoms with Crippen LogP contribution in [-0.2, 0) is 20.8 Å². The molecule has 0 aliphatic carbocycles. The highest BCUT2D eigenvalue weighted by atomic mass is 16.5. The molecule has 0 amide bonds. The Hall–Kier alpha value is -2.46. The van der Waals surface area contributed by atoms with Gasteiger partial charge in [-0.05, 0) is 27.2 Å². The molecule has 10 heteroatoms. The van der Waals surface area contributed by atoms with Crippen LogP contribution in [0.15, 0.2) is 6.33 Å². The summed E-state index contributed by atoms with van der Waals surface area (Å²) in [6.45, 7) is 9.21. The molecule has 0 saturated carbocycles. The topological polar surface area (TPSA) is 126 Å². The highest BCUT2D eigenvalue weighted by Gasteiger charge is 2.15. The first-order valence-corrected chi connectivity index (χ1v) is 9.55. The van der Waals surface area contributed by atoms with Crippen molar-refractivity contribution in [1.29, 1.82) is 0 Å². The van der Waals surface area contributed by atoms with Gasteiger partial charge in [0, 0.05) is 6.54 Å². The Morgan fingerprint density at radius 3 is 2.79 bits per heavy atom. The molecule has 1 atom stereocenters. The number of ether oxygens (including phenoxy) is 3. The zero-order valence-electron chi connectivity index (χ0n) is 17.0. The van der Waals surface area contributed by atoms with E-state index in [9.17, 15) is 4.79 Å². The maximum Gasteiger partial charge on any atom is 0.322 e. The fourth-order valence-electron chi connectivity index (χ4n) is 2.35. The number of nitrogens with zero attached hydrogens (tertiary/aromatic N) is 4. The van der Waals surface area contributed by atoms with Crippen LogP contribution in [0.5, 0.6) is 5.88 Å². The third kappa shape index (κ3) is 6.31. The second kappa shape index (κ2) is 10.8. The van der Waals surface area contributed by atoms with Gasteiger partial charge in [0.1, 0.15) is 6.04 Å². The van der Waals surface area contributed by atoms with E-state index in [0.29, 0.717) is 36.8 Å². The van der Waals surface area contributed by atoms with Crippen LogP contribution in [0.2, 0.25) is 0 Å². The van der Waals surface area contributed by atoms with Gasteiger partial charge in [-0.15, -0.1) is 0 Å². The molecule has 0 unspecified atom stereocenters. The zero-order chi connectivity index (χ0) is 20.5. The first-order chi connectivity index (χ1) is 13.4. The van der Waals surface area contributed by atoms with Crippen molar-refractivity contribution in [1.82, 2.24) is 24.8 Å². The minimum absolute atomic E-state index is 0.0484. The van der Waals surface area contributed by atoms with Gasteiger partial charge in [-0.3, -0.25) is 10.1 Å². The van der Waals surface area contributed by atoms with Crippen molar-refractivity contribution in [3.05, 3.63) is 6.33 Å². The molecule has 0 aliphatic rings. The van der Waals surface area contributed by atoms with Gasteiger partial charge in [0.25, 0.3) is 0 Å². The summed E-state index contributed by atoms with van der Waals surface area (Å²) < 4.78 is 18.2. The summed E-state index contributed by atoms with van der Waals surface area (Å²) in [5, 5.41) is 2.98. The highest BCUT2D eigenvalue weighted by Crippen LogP contribution is 2.22. The molecule has 2 aromatic heterocycles. The van der Waals surface area contributed by atoms with E-state index in [2.05, 4.69) is 20.3 Å². The largest absolute Gasteiger partial charge is 0.473 e. The minimum Gasteiger partial charge on any atom is -0.473 e. The maximum absolute atomic E-state index is 11.8. The van der Waals surface area contributed by atoms with Gasteiger partial charge in [-0.1, -0.05) is 13.3 Å². The van der Waals surface area contributed by atoms with Crippen LogP contribution in [0.25, 0.3) is 11.2 Å². The van der Waals surface area contributed by atoms with Crippen LogP contribution < -0.4 is 15.8 Å². The Kier molecular flexibility index (Phi) is 8.40. The number of rotatable bonds is 12. The molecule has 0 spiro atoms. The van der Waals surface area contributed by atoms with Crippen LogP contribution in [-0.4, -0.2) is 57.6 Å². The van der Waals surface area contributed by atoms with Gasteiger partial charge >= 0.3 is 5.97 Å². The molecule has 0 bridgehead atoms. The van der Waals surface area contributed by atoms with Gasteiger partial charge in [0.15, 0.2) is 11.2 Å². The van der Waals surface area contributed by atoms with Crippen LogP contribution in [0.4, 0.5) is 5.95 Å². The van der Waals surface area contributed by atoms with Crippen molar-refractivity contribution in [2.45, 2.75) is 59.2 Å². The molecule has 2 heterocycles. The van der Waals surface area contributed by atoms with E-state index in [1.165, 1.54) is 0 Å². The molecule has 2 aromatic rings. The fourth-order valence-corrected chi connectivity index (χ4v) is 2.35. The van der Waals surface area contributed by atoms with E-state index in [4.69, 9.17) is 19.9 Å². The molecular formula is C18H30N6O4. The molecular weight excluding hydrogens is 364 g/mol. The number of aromatic nitrogens is 4. The third-order valence-corrected chi connectivity index (χ3v) is 3.86. The first kappa shape index (κ1) is 21.8. The summed E-state index contributed by atoms with van der Waals surface area (Å²) in [4.78, 5) is 24.4. The number of hydrogen-bond acceptors (Lipinski definition) is 9. The summed E-state index contributed by atoms with van der Waals surface area (Å²) >= 11 is 0. The molecule has 156 valence electrons. The van der Waals surface area contributed by atoms with Gasteiger partial charge in [0.05, 0.1) is 32.4 Å². The number of nitrogens with one attached hydrogen (secondary N) is 1. The molecule has 2 rings (SSSR count). The van der Waals surface area contributed by atoms with Crippen molar-refractivity contribution in [2.24, 2.45) is 0 Å². The molecule has 28 heavy (non-hydrogen) atoms. The minimum atomic E-state index is -0.422. The lowest BCUT2D eigenvalue weighted by Crippen LogP contribution is -2.37. The van der Waals surface area contributed by atoms with Crippen LogP contribution in [0, 0.1) is 0 Å². The number of anilines is 1. The molecule has 10 nitrogen and oxygen atoms in total. The number of carbonyl (C=O) groups is 1. The normalized spacial score (nSPS) is 12.5. The lowest BCUT2D eigenvalue weighted by molar-refractivity contribution is -0.146. The second-order valence-electron chi connectivity index (χ2n) is 6.66. The van der Waals surface area contributed by atoms with E-state index in [-0.39, 0.29) is 24.8 Å². The number of unbranched alkanes of at least 4 members (excludes halogenated alkanes) is 1. The Morgan fingerprint density at radius 2 is 2.07 bits per heavy atom. The number of hydrogen-bond donors (Lipinski definition) is 2. The monoisotopic (exact) mass is 394 g/mol. The van der Waals surface area contributed by atoms with Crippen molar-refractivity contribution < 1.29 is 19.0 Å². The predicted octanol–water partition coefficient (Wildman–Crippen LogP) is 1.49. The van der Waals surface area contributed by atoms with Gasteiger partial charge in [0.2, 0.25) is 11.8 Å². The smallest absolute Gasteiger partial charge is 0.322 e. The average molecular weight is 394 g/mol. The van der Waals surface area contributed by atoms with Crippen LogP contribution >= 0.6 is 0 Å². The van der Waals surface area contributed by atoms with Gasteiger partial charge in [-0.2, -0.15) is 9.97 Å². The van der Waals surface area contributed by atoms with Crippen LogP contribution in [0.3, 0.4) is 0 Å². The predicted molar refractivity (Wildman–Crippen MR) is 105 cm³/mol. The van der Waals surface area contributed by atoms with Gasteiger partial charge in [-0.25, -0.2) is 4.98 Å². The lowest BCUT2D eigenvalue weighted by atomic mass is 10.3. The Bertz CT molecular complexity index is 764. The summed E-state index contributed by atoms with van der Waals surface area (Å²) in [5.74, 6) is 0.222. The zero-order valence-corrected chi connectivity index (χ0v) is 17.0. The average Bonchev–Trinajstić information content (AvgIpc) is 3.03. The summed E-state index contributed by atoms with van der Waals surface area (Å²) in [6, 6.07) is -0.422. The SMILES string of the molecule is CCCCOC(=O)[C@H](C)NCOCCn1cnc2c(OC(C)C)nc(N)nc21. The molecule has 0 fully saturated rings. The summed E-state index contributed by atoms with van der Waals surface area (Å²) in [5.41, 5.74) is 6.93. The van der Waals surface area contributed by atoms with E-state index < -0.39 is 6.04 Å². The quantitative estimate of drug-likeness (QED) is 0.313. The second-order valence-corrected chi connectivity index (χ2v) is 6.66. The van der Waals surface area contributed by atoms with E-state index >= 15 is 0 Å². The lowest BCUT2D eigenvalue weighted by Gasteiger charge is -2.13. The Labute approximate surface area is 164 Å². The molecule has 0 aromatic carbocycles. The van der Waals surface area contributed by atoms with Gasteiger partial charge < -0.3 is 24.5 Å². The van der Waals surface area contributed by atoms with Crippen molar-refractivity contribution in [3.8, 4) is 5.88 Å². The van der Waals surface area contributed by atoms with Crippen molar-refractivity contribution in [2.75, 3.05) is 25.7 Å². The van der Waals surface area contributed by atoms with E-state index in [0.717, 1.165) is 12.8 Å². The molecule has 3 N–H and O–H groups in total. The first-order valence-electron chi connectivity index (χ1n) is 9.55. The molecule has 0 saturated heterocycles. The molecule has 0 radical (unpaired) electrons. The maximum atomic E-state index is 11.8. The summed E-state index contributed by atoms with van der Waals surface area (Å²) in [7, 11) is 0. The van der Waals surface area contributed by atoms with E-state index in [1.54, 1.807) is 13.3 Å². The number of nitrogen functional groups attached to an aromatic ring is 1. The number of imidazole rings is 1. The summed E-state index contributed by atoms with van der Waals surface area (Å²) in [6.07, 6.45) is 3.46. The van der Waals surface area contributed by atoms with E-state index in [1.807, 2.05) is 25.3 Å². The number of fused-ring (bicyclic) bond motifs is 1. The Balaban J connectivity index is 1.81. The standard InChI is InChI=1S/C18H30N6O4/c1-5-6-8-27-17(25)13(4)21-11-26-9-7-24-10-20-14-15(24)22-18(19)23-16(14)28-12(2)3/h10,12-13,21H,5-9,11H2,1-4H3,(H2,19,22,23)/t13-/m0/s1. The Morgan fingerprint density at radius 1 is 1.29 bits per heavy atom. The van der Waals surface area contributed by atoms with Crippen LogP contribution in [0.1, 0.15) is 40.5 Å². The number of nitrogens with two attached hydrogens (primary N) is 1. The number of esters is 1. The third-order valence-electron chi connectivity index (χ3n) is 3.86. The van der Waals surface area contributed by atoms with Crippen molar-refractivity contribution >= 4 is 23.1 Å². The fraction of sp³-hybridized carbons (Fsp3) is 0.667.